The molecule has 0 aromatic rings. The maximum atomic E-state index is 5.74. The van der Waals surface area contributed by atoms with Gasteiger partial charge < -0.3 is 19.7 Å². The number of hydrogen-bond donors (Lipinski definition) is 1. The summed E-state index contributed by atoms with van der Waals surface area (Å²) >= 11 is 0. The molecule has 0 aromatic carbocycles. The molecule has 0 heterocycles. The summed E-state index contributed by atoms with van der Waals surface area (Å²) in [5, 5.41) is 3.38. The lowest BCUT2D eigenvalue weighted by Crippen LogP contribution is -2.41. The molecule has 0 atom stereocenters. The van der Waals surface area contributed by atoms with Crippen molar-refractivity contribution >= 4 is 29.9 Å². The largest absolute Gasteiger partial charge is 0.383 e. The van der Waals surface area contributed by atoms with Crippen LogP contribution in [0, 0.1) is 5.92 Å². The lowest BCUT2D eigenvalue weighted by molar-refractivity contribution is 0.115. The molecule has 0 saturated heterocycles. The number of aliphatic imine (C=N–C) groups is 1. The van der Waals surface area contributed by atoms with Gasteiger partial charge in [0.1, 0.15) is 0 Å². The van der Waals surface area contributed by atoms with Gasteiger partial charge in [-0.15, -0.1) is 24.0 Å². The van der Waals surface area contributed by atoms with Crippen molar-refractivity contribution in [3.05, 3.63) is 0 Å². The van der Waals surface area contributed by atoms with Gasteiger partial charge in [-0.3, -0.25) is 9.89 Å². The minimum atomic E-state index is 0. The van der Waals surface area contributed by atoms with Crippen molar-refractivity contribution in [1.29, 1.82) is 0 Å². The molecular formula is C18H37IN4O2. The van der Waals surface area contributed by atoms with Crippen LogP contribution in [0.3, 0.4) is 0 Å². The highest BCUT2D eigenvalue weighted by Gasteiger charge is 2.28. The van der Waals surface area contributed by atoms with Crippen LogP contribution in [-0.4, -0.2) is 88.5 Å². The molecule has 7 heteroatoms. The molecule has 2 aliphatic carbocycles. The van der Waals surface area contributed by atoms with E-state index in [2.05, 4.69) is 29.1 Å². The first-order chi connectivity index (χ1) is 11.7. The Balaban J connectivity index is 0.00000312. The van der Waals surface area contributed by atoms with Crippen LogP contribution in [0.15, 0.2) is 4.99 Å². The molecule has 1 N–H and O–H groups in total. The van der Waals surface area contributed by atoms with E-state index in [4.69, 9.17) is 14.5 Å². The molecule has 0 spiro atoms. The van der Waals surface area contributed by atoms with Gasteiger partial charge in [-0.05, 0) is 38.5 Å². The Morgan fingerprint density at radius 3 is 2.48 bits per heavy atom. The highest BCUT2D eigenvalue weighted by Crippen LogP contribution is 2.28. The molecule has 2 fully saturated rings. The highest BCUT2D eigenvalue weighted by atomic mass is 127. The molecule has 6 nitrogen and oxygen atoms in total. The number of nitrogens with zero attached hydrogens (tertiary/aromatic N) is 3. The summed E-state index contributed by atoms with van der Waals surface area (Å²) in [6.45, 7) is 9.25. The highest BCUT2D eigenvalue weighted by molar-refractivity contribution is 14.0. The van der Waals surface area contributed by atoms with Gasteiger partial charge in [0.05, 0.1) is 19.8 Å². The minimum absolute atomic E-state index is 0. The first-order valence-corrected chi connectivity index (χ1v) is 9.54. The van der Waals surface area contributed by atoms with Crippen LogP contribution < -0.4 is 5.32 Å². The van der Waals surface area contributed by atoms with Gasteiger partial charge in [-0.2, -0.15) is 0 Å². The van der Waals surface area contributed by atoms with E-state index in [0.29, 0.717) is 0 Å². The number of nitrogens with one attached hydrogen (secondary N) is 1. The second-order valence-corrected chi connectivity index (χ2v) is 6.94. The lowest BCUT2D eigenvalue weighted by Gasteiger charge is -2.23. The van der Waals surface area contributed by atoms with Crippen molar-refractivity contribution in [2.75, 3.05) is 66.7 Å². The topological polar surface area (TPSA) is 49.3 Å². The maximum Gasteiger partial charge on any atom is 0.193 e. The van der Waals surface area contributed by atoms with Crippen LogP contribution in [0.2, 0.25) is 0 Å². The van der Waals surface area contributed by atoms with Crippen LogP contribution in [-0.2, 0) is 9.47 Å². The summed E-state index contributed by atoms with van der Waals surface area (Å²) in [5.41, 5.74) is 0. The van der Waals surface area contributed by atoms with E-state index >= 15 is 0 Å². The van der Waals surface area contributed by atoms with Gasteiger partial charge in [-0.25, -0.2) is 0 Å². The second kappa shape index (κ2) is 13.1. The first-order valence-electron chi connectivity index (χ1n) is 9.54. The third-order valence-corrected chi connectivity index (χ3v) is 4.61. The third-order valence-electron chi connectivity index (χ3n) is 4.61. The summed E-state index contributed by atoms with van der Waals surface area (Å²) < 4.78 is 11.0. The quantitative estimate of drug-likeness (QED) is 0.194. The predicted octanol–water partition coefficient (Wildman–Crippen LogP) is 2.04. The number of ether oxygens (including phenoxy) is 2. The Morgan fingerprint density at radius 2 is 1.88 bits per heavy atom. The molecule has 2 rings (SSSR count). The fourth-order valence-corrected chi connectivity index (χ4v) is 2.72. The molecule has 0 radical (unpaired) electrons. The summed E-state index contributed by atoms with van der Waals surface area (Å²) in [6, 6.07) is 0.756. The Bertz CT molecular complexity index is 376. The number of likely N-dealkylation sites (N-methyl/N-ethyl adjacent to an activating group) is 1. The third kappa shape index (κ3) is 9.96. The molecule has 148 valence electrons. The standard InChI is InChI=1S/C18H36N4O2.HI/c1-4-19-18(21(2)11-14-24-15-16-5-6-16)20-9-10-22(12-13-23-3)17-7-8-17;/h16-17H,4-15H2,1-3H3,(H,19,20);1H. The molecule has 0 aromatic heterocycles. The zero-order valence-electron chi connectivity index (χ0n) is 16.2. The molecule has 0 unspecified atom stereocenters. The Hall–Kier alpha value is -0.120. The van der Waals surface area contributed by atoms with Gasteiger partial charge in [0.25, 0.3) is 0 Å². The van der Waals surface area contributed by atoms with Crippen molar-refractivity contribution in [3.63, 3.8) is 0 Å². The SMILES string of the molecule is CCNC(=NCCN(CCOC)C1CC1)N(C)CCOCC1CC1.I. The molecule has 0 aliphatic heterocycles. The zero-order chi connectivity index (χ0) is 17.2. The molecule has 2 saturated carbocycles. The molecule has 2 aliphatic rings. The minimum Gasteiger partial charge on any atom is -0.383 e. The van der Waals surface area contributed by atoms with Gasteiger partial charge in [0, 0.05) is 53.0 Å². The fourth-order valence-electron chi connectivity index (χ4n) is 2.72. The molecule has 0 bridgehead atoms. The second-order valence-electron chi connectivity index (χ2n) is 6.94. The van der Waals surface area contributed by atoms with Crippen LogP contribution >= 0.6 is 24.0 Å². The number of methoxy groups -OCH3 is 1. The van der Waals surface area contributed by atoms with E-state index in [9.17, 15) is 0 Å². The van der Waals surface area contributed by atoms with Crippen LogP contribution in [0.4, 0.5) is 0 Å². The van der Waals surface area contributed by atoms with Crippen molar-refractivity contribution in [2.45, 2.75) is 38.6 Å². The molecule has 25 heavy (non-hydrogen) atoms. The van der Waals surface area contributed by atoms with Crippen molar-refractivity contribution < 1.29 is 9.47 Å². The van der Waals surface area contributed by atoms with Crippen LogP contribution in [0.5, 0.6) is 0 Å². The van der Waals surface area contributed by atoms with Crippen molar-refractivity contribution in [1.82, 2.24) is 15.1 Å². The average Bonchev–Trinajstić information content (AvgIpc) is 3.47. The fraction of sp³-hybridized carbons (Fsp3) is 0.944. The molecule has 0 amide bonds. The summed E-state index contributed by atoms with van der Waals surface area (Å²) in [5.74, 6) is 1.81. The number of guanidine groups is 1. The summed E-state index contributed by atoms with van der Waals surface area (Å²) in [7, 11) is 3.86. The number of hydrogen-bond acceptors (Lipinski definition) is 4. The van der Waals surface area contributed by atoms with E-state index in [1.54, 1.807) is 7.11 Å². The lowest BCUT2D eigenvalue weighted by atomic mass is 10.4. The van der Waals surface area contributed by atoms with E-state index < -0.39 is 0 Å². The number of rotatable bonds is 13. The van der Waals surface area contributed by atoms with Gasteiger partial charge >= 0.3 is 0 Å². The van der Waals surface area contributed by atoms with Gasteiger partial charge in [-0.1, -0.05) is 0 Å². The summed E-state index contributed by atoms with van der Waals surface area (Å²) in [6.07, 6.45) is 5.35. The first kappa shape index (κ1) is 22.9. The van der Waals surface area contributed by atoms with E-state index in [1.807, 2.05) is 0 Å². The Labute approximate surface area is 170 Å². The van der Waals surface area contributed by atoms with Gasteiger partial charge in [0.2, 0.25) is 0 Å². The van der Waals surface area contributed by atoms with Crippen molar-refractivity contribution in [2.24, 2.45) is 10.9 Å². The van der Waals surface area contributed by atoms with E-state index in [0.717, 1.165) is 70.5 Å². The molecular weight excluding hydrogens is 431 g/mol. The predicted molar refractivity (Wildman–Crippen MR) is 114 cm³/mol. The average molecular weight is 468 g/mol. The normalized spacial score (nSPS) is 17.5. The smallest absolute Gasteiger partial charge is 0.193 e. The van der Waals surface area contributed by atoms with E-state index in [-0.39, 0.29) is 24.0 Å². The van der Waals surface area contributed by atoms with Crippen LogP contribution in [0.25, 0.3) is 0 Å². The number of halogens is 1. The summed E-state index contributed by atoms with van der Waals surface area (Å²) in [4.78, 5) is 9.47. The maximum absolute atomic E-state index is 5.74. The van der Waals surface area contributed by atoms with Crippen LogP contribution in [0.1, 0.15) is 32.6 Å². The Morgan fingerprint density at radius 1 is 1.12 bits per heavy atom. The van der Waals surface area contributed by atoms with Gasteiger partial charge in [0.15, 0.2) is 5.96 Å². The zero-order valence-corrected chi connectivity index (χ0v) is 18.5. The monoisotopic (exact) mass is 468 g/mol. The Kier molecular flexibility index (Phi) is 12.0. The van der Waals surface area contributed by atoms with E-state index in [1.165, 1.54) is 25.7 Å². The van der Waals surface area contributed by atoms with Crippen molar-refractivity contribution in [3.8, 4) is 0 Å².